The molecule has 0 amide bonds. The molecule has 0 aromatic heterocycles. The van der Waals surface area contributed by atoms with E-state index in [-0.39, 0.29) is 12.4 Å². The van der Waals surface area contributed by atoms with Crippen LogP contribution in [0, 0.1) is 0 Å². The summed E-state index contributed by atoms with van der Waals surface area (Å²) < 4.78 is 5.56. The zero-order valence-electron chi connectivity index (χ0n) is 18.1. The minimum absolute atomic E-state index is 0.0396. The van der Waals surface area contributed by atoms with Gasteiger partial charge in [0.05, 0.1) is 19.3 Å². The SMILES string of the molecule is CCCOc1ccc(CCNCC(O)c2ccc(O)c(CO)c2)cc1.c1ccccc1. The van der Waals surface area contributed by atoms with Crippen molar-refractivity contribution in [1.82, 2.24) is 5.32 Å². The largest absolute Gasteiger partial charge is 0.508 e. The molecule has 3 aromatic rings. The van der Waals surface area contributed by atoms with Gasteiger partial charge >= 0.3 is 0 Å². The summed E-state index contributed by atoms with van der Waals surface area (Å²) in [6.45, 7) is 3.72. The first-order valence-electron chi connectivity index (χ1n) is 10.7. The Balaban J connectivity index is 0.000000488. The van der Waals surface area contributed by atoms with Gasteiger partial charge in [0, 0.05) is 12.1 Å². The van der Waals surface area contributed by atoms with Gasteiger partial charge in [0.15, 0.2) is 0 Å². The number of hydrogen-bond acceptors (Lipinski definition) is 5. The van der Waals surface area contributed by atoms with Crippen LogP contribution in [0.5, 0.6) is 11.5 Å². The second-order valence-corrected chi connectivity index (χ2v) is 7.16. The average Bonchev–Trinajstić information content (AvgIpc) is 2.83. The Morgan fingerprint density at radius 3 is 2.16 bits per heavy atom. The molecule has 1 unspecified atom stereocenters. The first-order valence-corrected chi connectivity index (χ1v) is 10.7. The fraction of sp³-hybridized carbons (Fsp3) is 0.308. The zero-order chi connectivity index (χ0) is 22.3. The summed E-state index contributed by atoms with van der Waals surface area (Å²) in [4.78, 5) is 0. The Morgan fingerprint density at radius 1 is 0.935 bits per heavy atom. The first kappa shape index (κ1) is 24.4. The van der Waals surface area contributed by atoms with E-state index < -0.39 is 6.10 Å². The molecule has 31 heavy (non-hydrogen) atoms. The Morgan fingerprint density at radius 2 is 1.58 bits per heavy atom. The average molecular weight is 424 g/mol. The number of aliphatic hydroxyl groups is 2. The van der Waals surface area contributed by atoms with Crippen molar-refractivity contribution in [2.75, 3.05) is 19.7 Å². The Hall–Kier alpha value is -2.86. The maximum Gasteiger partial charge on any atom is 0.121 e. The number of benzene rings is 3. The topological polar surface area (TPSA) is 82.0 Å². The number of ether oxygens (including phenoxy) is 1. The third-order valence-electron chi connectivity index (χ3n) is 4.65. The summed E-state index contributed by atoms with van der Waals surface area (Å²) >= 11 is 0. The molecule has 0 heterocycles. The fourth-order valence-electron chi connectivity index (χ4n) is 2.89. The predicted octanol–water partition coefficient (Wildman–Crippen LogP) is 4.23. The third-order valence-corrected chi connectivity index (χ3v) is 4.65. The van der Waals surface area contributed by atoms with Crippen LogP contribution >= 0.6 is 0 Å². The van der Waals surface area contributed by atoms with Crippen LogP contribution in [0.1, 0.15) is 36.1 Å². The molecule has 1 atom stereocenters. The van der Waals surface area contributed by atoms with Crippen LogP contribution in [0.2, 0.25) is 0 Å². The number of aromatic hydroxyl groups is 1. The van der Waals surface area contributed by atoms with Crippen molar-refractivity contribution >= 4 is 0 Å². The molecule has 0 bridgehead atoms. The molecule has 0 aliphatic carbocycles. The second kappa shape index (κ2) is 14.2. The Kier molecular flexibility index (Phi) is 11.2. The van der Waals surface area contributed by atoms with E-state index in [1.807, 2.05) is 48.5 Å². The Labute approximate surface area is 185 Å². The lowest BCUT2D eigenvalue weighted by molar-refractivity contribution is 0.174. The predicted molar refractivity (Wildman–Crippen MR) is 124 cm³/mol. The number of rotatable bonds is 10. The molecule has 4 N–H and O–H groups in total. The highest BCUT2D eigenvalue weighted by atomic mass is 16.5. The van der Waals surface area contributed by atoms with E-state index in [1.54, 1.807) is 12.1 Å². The normalized spacial score (nSPS) is 11.3. The summed E-state index contributed by atoms with van der Waals surface area (Å²) in [7, 11) is 0. The van der Waals surface area contributed by atoms with Crippen molar-refractivity contribution in [2.24, 2.45) is 0 Å². The summed E-state index contributed by atoms with van der Waals surface area (Å²) in [6.07, 6.45) is 1.17. The second-order valence-electron chi connectivity index (χ2n) is 7.16. The van der Waals surface area contributed by atoms with Gasteiger partial charge in [0.25, 0.3) is 0 Å². The molecule has 0 aliphatic rings. The molecule has 0 spiro atoms. The molecule has 0 radical (unpaired) electrons. The highest BCUT2D eigenvalue weighted by Gasteiger charge is 2.10. The highest BCUT2D eigenvalue weighted by Crippen LogP contribution is 2.22. The first-order chi connectivity index (χ1) is 15.1. The van der Waals surface area contributed by atoms with E-state index in [9.17, 15) is 10.2 Å². The van der Waals surface area contributed by atoms with Gasteiger partial charge in [0.2, 0.25) is 0 Å². The minimum Gasteiger partial charge on any atom is -0.508 e. The lowest BCUT2D eigenvalue weighted by atomic mass is 10.1. The smallest absolute Gasteiger partial charge is 0.121 e. The van der Waals surface area contributed by atoms with Crippen molar-refractivity contribution in [3.05, 3.63) is 95.6 Å². The molecule has 0 saturated carbocycles. The fourth-order valence-corrected chi connectivity index (χ4v) is 2.89. The van der Waals surface area contributed by atoms with Gasteiger partial charge in [-0.25, -0.2) is 0 Å². The zero-order valence-corrected chi connectivity index (χ0v) is 18.1. The van der Waals surface area contributed by atoms with Crippen LogP contribution in [0.3, 0.4) is 0 Å². The summed E-state index contributed by atoms with van der Waals surface area (Å²) in [5.41, 5.74) is 2.30. The quantitative estimate of drug-likeness (QED) is 0.367. The molecule has 3 rings (SSSR count). The highest BCUT2D eigenvalue weighted by molar-refractivity contribution is 5.36. The molecule has 3 aromatic carbocycles. The molecular weight excluding hydrogens is 390 g/mol. The van der Waals surface area contributed by atoms with Gasteiger partial charge in [-0.15, -0.1) is 0 Å². The Bertz CT molecular complexity index is 826. The lowest BCUT2D eigenvalue weighted by Crippen LogP contribution is -2.23. The van der Waals surface area contributed by atoms with Crippen LogP contribution in [-0.2, 0) is 13.0 Å². The number of aliphatic hydroxyl groups excluding tert-OH is 2. The van der Waals surface area contributed by atoms with Gasteiger partial charge in [0.1, 0.15) is 11.5 Å². The monoisotopic (exact) mass is 423 g/mol. The molecule has 166 valence electrons. The van der Waals surface area contributed by atoms with Crippen molar-refractivity contribution in [3.63, 3.8) is 0 Å². The number of nitrogens with one attached hydrogen (secondary N) is 1. The van der Waals surface area contributed by atoms with Crippen LogP contribution in [-0.4, -0.2) is 35.0 Å². The maximum absolute atomic E-state index is 10.2. The van der Waals surface area contributed by atoms with Crippen LogP contribution < -0.4 is 10.1 Å². The number of hydrogen-bond donors (Lipinski definition) is 4. The van der Waals surface area contributed by atoms with E-state index in [1.165, 1.54) is 11.6 Å². The number of phenols is 1. The van der Waals surface area contributed by atoms with Crippen LogP contribution in [0.15, 0.2) is 78.9 Å². The van der Waals surface area contributed by atoms with Crippen molar-refractivity contribution in [1.29, 1.82) is 0 Å². The van der Waals surface area contributed by atoms with Gasteiger partial charge in [-0.1, -0.05) is 61.5 Å². The summed E-state index contributed by atoms with van der Waals surface area (Å²) in [5, 5.41) is 32.2. The van der Waals surface area contributed by atoms with E-state index in [2.05, 4.69) is 24.4 Å². The van der Waals surface area contributed by atoms with Crippen LogP contribution in [0.25, 0.3) is 0 Å². The third kappa shape index (κ3) is 9.22. The molecular formula is C26H33NO4. The molecule has 5 nitrogen and oxygen atoms in total. The van der Waals surface area contributed by atoms with E-state index >= 15 is 0 Å². The molecule has 0 saturated heterocycles. The van der Waals surface area contributed by atoms with Gasteiger partial charge < -0.3 is 25.4 Å². The van der Waals surface area contributed by atoms with Crippen molar-refractivity contribution < 1.29 is 20.1 Å². The molecule has 0 aliphatic heterocycles. The maximum atomic E-state index is 10.2. The van der Waals surface area contributed by atoms with Gasteiger partial charge in [-0.2, -0.15) is 0 Å². The van der Waals surface area contributed by atoms with E-state index in [0.29, 0.717) is 17.7 Å². The van der Waals surface area contributed by atoms with E-state index in [0.717, 1.165) is 31.7 Å². The van der Waals surface area contributed by atoms with Gasteiger partial charge in [-0.05, 0) is 54.8 Å². The lowest BCUT2D eigenvalue weighted by Gasteiger charge is -2.14. The van der Waals surface area contributed by atoms with Crippen LogP contribution in [0.4, 0.5) is 0 Å². The van der Waals surface area contributed by atoms with Gasteiger partial charge in [-0.3, -0.25) is 0 Å². The van der Waals surface area contributed by atoms with E-state index in [4.69, 9.17) is 9.84 Å². The minimum atomic E-state index is -0.685. The summed E-state index contributed by atoms with van der Waals surface area (Å²) in [6, 6.07) is 24.8. The molecule has 5 heteroatoms. The summed E-state index contributed by atoms with van der Waals surface area (Å²) in [5.74, 6) is 0.929. The molecule has 0 fully saturated rings. The standard InChI is InChI=1S/C20H27NO4.C6H6/c1-2-11-25-18-6-3-15(4-7-18)9-10-21-13-20(24)16-5-8-19(23)17(12-16)14-22;1-2-4-6-5-3-1/h3-8,12,20-24H,2,9-11,13-14H2,1H3;1-6H. The van der Waals surface area contributed by atoms with Crippen molar-refractivity contribution in [2.45, 2.75) is 32.5 Å². The van der Waals surface area contributed by atoms with Crippen molar-refractivity contribution in [3.8, 4) is 11.5 Å².